The van der Waals surface area contributed by atoms with Gasteiger partial charge in [0, 0.05) is 0 Å². The Bertz CT molecular complexity index is 261. The third-order valence-corrected chi connectivity index (χ3v) is 1.89. The van der Waals surface area contributed by atoms with Crippen LogP contribution >= 0.6 is 0 Å². The van der Waals surface area contributed by atoms with Gasteiger partial charge in [-0.05, 0) is 30.9 Å². The number of benzene rings is 1. The molecule has 0 bridgehead atoms. The van der Waals surface area contributed by atoms with Crippen molar-refractivity contribution in [1.82, 2.24) is 0 Å². The molecule has 0 aliphatic carbocycles. The largest absolute Gasteiger partial charge is 0.386 e. The lowest BCUT2D eigenvalue weighted by atomic mass is 10.1. The summed E-state index contributed by atoms with van der Waals surface area (Å²) >= 11 is 0. The van der Waals surface area contributed by atoms with Gasteiger partial charge in [-0.3, -0.25) is 0 Å². The van der Waals surface area contributed by atoms with Crippen molar-refractivity contribution in [3.63, 3.8) is 0 Å². The fourth-order valence-electron chi connectivity index (χ4n) is 1.22. The van der Waals surface area contributed by atoms with Gasteiger partial charge in [0.15, 0.2) is 0 Å². The van der Waals surface area contributed by atoms with Gasteiger partial charge in [0.2, 0.25) is 0 Å². The molecule has 1 aromatic rings. The zero-order valence-electron chi connectivity index (χ0n) is 7.74. The Balaban J connectivity index is 2.25. The summed E-state index contributed by atoms with van der Waals surface area (Å²) in [6, 6.07) is 10.4. The molecular formula is C11H16N2. The summed E-state index contributed by atoms with van der Waals surface area (Å²) in [6.07, 6.45) is 5.01. The monoisotopic (exact) mass is 176 g/mol. The third kappa shape index (κ3) is 4.21. The van der Waals surface area contributed by atoms with E-state index in [2.05, 4.69) is 24.3 Å². The first-order valence-electron chi connectivity index (χ1n) is 4.54. The number of nitrogens with two attached hydrogens (primary N) is 2. The smallest absolute Gasteiger partial charge is 0.0892 e. The van der Waals surface area contributed by atoms with Crippen LogP contribution in [0.25, 0.3) is 0 Å². The van der Waals surface area contributed by atoms with Crippen molar-refractivity contribution in [3.8, 4) is 0 Å². The Labute approximate surface area is 79.2 Å². The van der Waals surface area contributed by atoms with E-state index >= 15 is 0 Å². The summed E-state index contributed by atoms with van der Waals surface area (Å²) in [6.45, 7) is 0. The highest BCUT2D eigenvalue weighted by Crippen LogP contribution is 2.04. The van der Waals surface area contributed by atoms with Crippen LogP contribution in [0.5, 0.6) is 0 Å². The van der Waals surface area contributed by atoms with Crippen LogP contribution < -0.4 is 11.5 Å². The SMILES string of the molecule is NC(N)=CCCCc1ccccc1. The Morgan fingerprint density at radius 2 is 1.85 bits per heavy atom. The predicted molar refractivity (Wildman–Crippen MR) is 55.8 cm³/mol. The van der Waals surface area contributed by atoms with Crippen LogP contribution in [-0.2, 0) is 6.42 Å². The first-order valence-corrected chi connectivity index (χ1v) is 4.54. The van der Waals surface area contributed by atoms with Crippen LogP contribution in [0.1, 0.15) is 18.4 Å². The number of rotatable bonds is 4. The van der Waals surface area contributed by atoms with Gasteiger partial charge in [-0.25, -0.2) is 0 Å². The van der Waals surface area contributed by atoms with Crippen LogP contribution in [0.4, 0.5) is 0 Å². The maximum Gasteiger partial charge on any atom is 0.0892 e. The molecular weight excluding hydrogens is 160 g/mol. The van der Waals surface area contributed by atoms with Crippen molar-refractivity contribution < 1.29 is 0 Å². The molecule has 1 rings (SSSR count). The highest BCUT2D eigenvalue weighted by molar-refractivity contribution is 5.14. The zero-order valence-corrected chi connectivity index (χ0v) is 7.74. The Hall–Kier alpha value is -1.44. The fraction of sp³-hybridized carbons (Fsp3) is 0.273. The Morgan fingerprint density at radius 3 is 2.46 bits per heavy atom. The van der Waals surface area contributed by atoms with Crippen LogP contribution in [-0.4, -0.2) is 0 Å². The first kappa shape index (κ1) is 9.65. The minimum atomic E-state index is 0.424. The second-order valence-corrected chi connectivity index (χ2v) is 3.08. The lowest BCUT2D eigenvalue weighted by Gasteiger charge is -1.98. The van der Waals surface area contributed by atoms with Gasteiger partial charge in [-0.1, -0.05) is 30.3 Å². The lowest BCUT2D eigenvalue weighted by molar-refractivity contribution is 0.836. The van der Waals surface area contributed by atoms with Gasteiger partial charge >= 0.3 is 0 Å². The summed E-state index contributed by atoms with van der Waals surface area (Å²) in [5.41, 5.74) is 12.0. The van der Waals surface area contributed by atoms with Crippen molar-refractivity contribution in [2.75, 3.05) is 0 Å². The van der Waals surface area contributed by atoms with E-state index in [1.54, 1.807) is 0 Å². The van der Waals surface area contributed by atoms with E-state index in [0.29, 0.717) is 5.82 Å². The summed E-state index contributed by atoms with van der Waals surface area (Å²) < 4.78 is 0. The molecule has 0 saturated heterocycles. The van der Waals surface area contributed by atoms with Crippen molar-refractivity contribution in [2.24, 2.45) is 11.5 Å². The van der Waals surface area contributed by atoms with E-state index < -0.39 is 0 Å². The van der Waals surface area contributed by atoms with E-state index in [1.807, 2.05) is 12.1 Å². The number of unbranched alkanes of at least 4 members (excludes halogenated alkanes) is 1. The molecule has 4 N–H and O–H groups in total. The van der Waals surface area contributed by atoms with Crippen LogP contribution in [0.3, 0.4) is 0 Å². The molecule has 0 heterocycles. The summed E-state index contributed by atoms with van der Waals surface area (Å²) in [5, 5.41) is 0. The summed E-state index contributed by atoms with van der Waals surface area (Å²) in [7, 11) is 0. The molecule has 0 aromatic heterocycles. The van der Waals surface area contributed by atoms with Crippen LogP contribution in [0.2, 0.25) is 0 Å². The highest BCUT2D eigenvalue weighted by atomic mass is 14.8. The van der Waals surface area contributed by atoms with Crippen LogP contribution in [0, 0.1) is 0 Å². The van der Waals surface area contributed by atoms with Gasteiger partial charge in [-0.15, -0.1) is 0 Å². The molecule has 2 heteroatoms. The minimum absolute atomic E-state index is 0.424. The topological polar surface area (TPSA) is 52.0 Å². The molecule has 2 nitrogen and oxygen atoms in total. The molecule has 0 radical (unpaired) electrons. The highest BCUT2D eigenvalue weighted by Gasteiger charge is 1.89. The quantitative estimate of drug-likeness (QED) is 0.687. The van der Waals surface area contributed by atoms with Crippen molar-refractivity contribution in [1.29, 1.82) is 0 Å². The second kappa shape index (κ2) is 5.25. The molecule has 0 saturated carbocycles. The molecule has 13 heavy (non-hydrogen) atoms. The minimum Gasteiger partial charge on any atom is -0.386 e. The maximum atomic E-state index is 5.31. The standard InChI is InChI=1S/C11H16N2/c12-11(13)9-5-4-8-10-6-2-1-3-7-10/h1-3,6-7,9H,4-5,8,12-13H2. The predicted octanol–water partition coefficient (Wildman–Crippen LogP) is 1.77. The van der Waals surface area contributed by atoms with Gasteiger partial charge in [0.1, 0.15) is 0 Å². The van der Waals surface area contributed by atoms with Crippen molar-refractivity contribution in [3.05, 3.63) is 47.8 Å². The van der Waals surface area contributed by atoms with Gasteiger partial charge in [-0.2, -0.15) is 0 Å². The van der Waals surface area contributed by atoms with E-state index in [9.17, 15) is 0 Å². The summed E-state index contributed by atoms with van der Waals surface area (Å²) in [4.78, 5) is 0. The second-order valence-electron chi connectivity index (χ2n) is 3.08. The third-order valence-electron chi connectivity index (χ3n) is 1.89. The molecule has 0 unspecified atom stereocenters. The van der Waals surface area contributed by atoms with Gasteiger partial charge < -0.3 is 11.5 Å². The molecule has 0 aliphatic rings. The number of allylic oxidation sites excluding steroid dienone is 1. The van der Waals surface area contributed by atoms with E-state index in [0.717, 1.165) is 19.3 Å². The van der Waals surface area contributed by atoms with Crippen molar-refractivity contribution >= 4 is 0 Å². The van der Waals surface area contributed by atoms with Gasteiger partial charge in [0.25, 0.3) is 0 Å². The molecule has 0 aliphatic heterocycles. The number of hydrogen-bond donors (Lipinski definition) is 2. The molecule has 0 fully saturated rings. The molecule has 1 aromatic carbocycles. The van der Waals surface area contributed by atoms with E-state index in [4.69, 9.17) is 11.5 Å². The van der Waals surface area contributed by atoms with E-state index in [1.165, 1.54) is 5.56 Å². The molecule has 0 amide bonds. The van der Waals surface area contributed by atoms with Crippen LogP contribution in [0.15, 0.2) is 42.2 Å². The maximum absolute atomic E-state index is 5.31. The van der Waals surface area contributed by atoms with Crippen molar-refractivity contribution in [2.45, 2.75) is 19.3 Å². The zero-order chi connectivity index (χ0) is 9.52. The van der Waals surface area contributed by atoms with Gasteiger partial charge in [0.05, 0.1) is 5.82 Å². The normalized spacial score (nSPS) is 9.54. The Morgan fingerprint density at radius 1 is 1.15 bits per heavy atom. The number of aryl methyl sites for hydroxylation is 1. The van der Waals surface area contributed by atoms with E-state index in [-0.39, 0.29) is 0 Å². The molecule has 70 valence electrons. The average Bonchev–Trinajstić information content (AvgIpc) is 2.14. The molecule has 0 spiro atoms. The summed E-state index contributed by atoms with van der Waals surface area (Å²) in [5.74, 6) is 0.424. The Kier molecular flexibility index (Phi) is 3.89. The average molecular weight is 176 g/mol. The fourth-order valence-corrected chi connectivity index (χ4v) is 1.22. The number of hydrogen-bond acceptors (Lipinski definition) is 2. The first-order chi connectivity index (χ1) is 6.29. The lowest BCUT2D eigenvalue weighted by Crippen LogP contribution is -2.07. The molecule has 0 atom stereocenters.